The third-order valence-corrected chi connectivity index (χ3v) is 5.18. The van der Waals surface area contributed by atoms with Crippen LogP contribution >= 0.6 is 0 Å². The molecule has 2 N–H and O–H groups in total. The summed E-state index contributed by atoms with van der Waals surface area (Å²) in [6.07, 6.45) is 3.29. The highest BCUT2D eigenvalue weighted by Gasteiger charge is 2.15. The summed E-state index contributed by atoms with van der Waals surface area (Å²) in [6.45, 7) is 3.93. The van der Waals surface area contributed by atoms with Gasteiger partial charge in [-0.2, -0.15) is 0 Å². The van der Waals surface area contributed by atoms with Gasteiger partial charge in [-0.05, 0) is 42.0 Å². The number of hydrogen-bond acceptors (Lipinski definition) is 2. The second-order valence-electron chi connectivity index (χ2n) is 7.23. The number of fused-ring (bicyclic) bond motifs is 3. The van der Waals surface area contributed by atoms with Gasteiger partial charge in [-0.3, -0.25) is 9.59 Å². The first kappa shape index (κ1) is 20.2. The van der Waals surface area contributed by atoms with E-state index in [1.807, 2.05) is 43.4 Å². The molecular weight excluding hydrogens is 386 g/mol. The maximum atomic E-state index is 12.7. The Morgan fingerprint density at radius 1 is 0.935 bits per heavy atom. The minimum absolute atomic E-state index is 0.176. The summed E-state index contributed by atoms with van der Waals surface area (Å²) in [7, 11) is 2.04. The first-order chi connectivity index (χ1) is 15.1. The topological polar surface area (TPSA) is 63.1 Å². The molecule has 0 spiro atoms. The SMILES string of the molecule is C=CCNC(=O)C(=Cc1ccc2c(c1)c1ccccc1n2C)NC(=O)c1ccccc1. The molecule has 4 aromatic rings. The Balaban J connectivity index is 1.74. The lowest BCUT2D eigenvalue weighted by Crippen LogP contribution is -2.34. The van der Waals surface area contributed by atoms with Crippen LogP contribution in [0, 0.1) is 0 Å². The first-order valence-electron chi connectivity index (χ1n) is 10.0. The van der Waals surface area contributed by atoms with E-state index in [1.165, 1.54) is 0 Å². The van der Waals surface area contributed by atoms with Gasteiger partial charge >= 0.3 is 0 Å². The second-order valence-corrected chi connectivity index (χ2v) is 7.23. The molecule has 0 radical (unpaired) electrons. The van der Waals surface area contributed by atoms with Crippen LogP contribution in [0.25, 0.3) is 27.9 Å². The van der Waals surface area contributed by atoms with Gasteiger partial charge in [-0.25, -0.2) is 0 Å². The Hall–Kier alpha value is -4.12. The van der Waals surface area contributed by atoms with E-state index in [0.29, 0.717) is 12.1 Å². The quantitative estimate of drug-likeness (QED) is 0.366. The van der Waals surface area contributed by atoms with Crippen molar-refractivity contribution in [1.29, 1.82) is 0 Å². The standard InChI is InChI=1S/C26H23N3O2/c1-3-15-27-26(31)22(28-25(30)19-9-5-4-6-10-19)17-18-13-14-24-21(16-18)20-11-7-8-12-23(20)29(24)2/h3-14,16-17H,1,15H2,2H3,(H,27,31)(H,28,30). The van der Waals surface area contributed by atoms with Gasteiger partial charge in [-0.1, -0.05) is 48.5 Å². The Morgan fingerprint density at radius 2 is 1.65 bits per heavy atom. The highest BCUT2D eigenvalue weighted by molar-refractivity contribution is 6.09. The smallest absolute Gasteiger partial charge is 0.268 e. The van der Waals surface area contributed by atoms with E-state index >= 15 is 0 Å². The fourth-order valence-electron chi connectivity index (χ4n) is 3.64. The molecule has 0 saturated heterocycles. The predicted octanol–water partition coefficient (Wildman–Crippen LogP) is 4.40. The van der Waals surface area contributed by atoms with Crippen LogP contribution in [0.5, 0.6) is 0 Å². The normalized spacial score (nSPS) is 11.5. The van der Waals surface area contributed by atoms with Crippen LogP contribution in [0.3, 0.4) is 0 Å². The van der Waals surface area contributed by atoms with Gasteiger partial charge in [0, 0.05) is 41.0 Å². The van der Waals surface area contributed by atoms with Gasteiger partial charge in [0.15, 0.2) is 0 Å². The zero-order valence-corrected chi connectivity index (χ0v) is 17.3. The van der Waals surface area contributed by atoms with Crippen molar-refractivity contribution < 1.29 is 9.59 Å². The van der Waals surface area contributed by atoms with Crippen molar-refractivity contribution >= 4 is 39.7 Å². The van der Waals surface area contributed by atoms with Crippen molar-refractivity contribution in [2.45, 2.75) is 0 Å². The van der Waals surface area contributed by atoms with E-state index in [1.54, 1.807) is 36.4 Å². The van der Waals surface area contributed by atoms with Crippen LogP contribution in [-0.2, 0) is 11.8 Å². The highest BCUT2D eigenvalue weighted by atomic mass is 16.2. The molecule has 0 aliphatic carbocycles. The molecule has 0 aliphatic rings. The predicted molar refractivity (Wildman–Crippen MR) is 126 cm³/mol. The molecule has 4 rings (SSSR count). The number of nitrogens with zero attached hydrogens (tertiary/aromatic N) is 1. The molecule has 3 aromatic carbocycles. The van der Waals surface area contributed by atoms with Crippen LogP contribution in [0.15, 0.2) is 91.1 Å². The molecule has 31 heavy (non-hydrogen) atoms. The van der Waals surface area contributed by atoms with Gasteiger partial charge in [0.05, 0.1) is 0 Å². The summed E-state index contributed by atoms with van der Waals surface area (Å²) >= 11 is 0. The number of benzene rings is 3. The fraction of sp³-hybridized carbons (Fsp3) is 0.0769. The van der Waals surface area contributed by atoms with Crippen LogP contribution < -0.4 is 10.6 Å². The minimum Gasteiger partial charge on any atom is -0.347 e. The van der Waals surface area contributed by atoms with Crippen LogP contribution in [-0.4, -0.2) is 22.9 Å². The van der Waals surface area contributed by atoms with Crippen molar-refractivity contribution in [2.75, 3.05) is 6.54 Å². The molecule has 0 aliphatic heterocycles. The molecule has 1 heterocycles. The van der Waals surface area contributed by atoms with E-state index in [-0.39, 0.29) is 17.5 Å². The van der Waals surface area contributed by atoms with Crippen LogP contribution in [0.4, 0.5) is 0 Å². The van der Waals surface area contributed by atoms with E-state index < -0.39 is 0 Å². The highest BCUT2D eigenvalue weighted by Crippen LogP contribution is 2.29. The molecule has 0 bridgehead atoms. The molecule has 1 aromatic heterocycles. The molecular formula is C26H23N3O2. The van der Waals surface area contributed by atoms with Crippen molar-refractivity contribution in [3.05, 3.63) is 102 Å². The Kier molecular flexibility index (Phi) is 5.67. The van der Waals surface area contributed by atoms with Crippen LogP contribution in [0.1, 0.15) is 15.9 Å². The number of aryl methyl sites for hydroxylation is 1. The molecule has 5 heteroatoms. The van der Waals surface area contributed by atoms with Crippen molar-refractivity contribution in [3.8, 4) is 0 Å². The number of para-hydroxylation sites is 1. The second kappa shape index (κ2) is 8.71. The summed E-state index contributed by atoms with van der Waals surface area (Å²) in [6, 6.07) is 23.0. The average Bonchev–Trinajstić information content (AvgIpc) is 3.09. The number of rotatable bonds is 6. The Labute approximate surface area is 180 Å². The number of carbonyl (C=O) groups is 2. The summed E-state index contributed by atoms with van der Waals surface area (Å²) in [5.74, 6) is -0.714. The van der Waals surface area contributed by atoms with E-state index in [0.717, 1.165) is 27.4 Å². The van der Waals surface area contributed by atoms with Gasteiger partial charge in [0.2, 0.25) is 0 Å². The maximum absolute atomic E-state index is 12.7. The van der Waals surface area contributed by atoms with Crippen molar-refractivity contribution in [2.24, 2.45) is 7.05 Å². The summed E-state index contributed by atoms with van der Waals surface area (Å²) < 4.78 is 2.15. The van der Waals surface area contributed by atoms with E-state index in [9.17, 15) is 9.59 Å². The molecule has 0 saturated carbocycles. The Morgan fingerprint density at radius 3 is 2.42 bits per heavy atom. The van der Waals surface area contributed by atoms with Gasteiger partial charge in [-0.15, -0.1) is 6.58 Å². The van der Waals surface area contributed by atoms with Crippen molar-refractivity contribution in [1.82, 2.24) is 15.2 Å². The zero-order chi connectivity index (χ0) is 21.8. The van der Waals surface area contributed by atoms with E-state index in [2.05, 4.69) is 33.9 Å². The third-order valence-electron chi connectivity index (χ3n) is 5.18. The number of amides is 2. The summed E-state index contributed by atoms with van der Waals surface area (Å²) in [5, 5.41) is 7.72. The summed E-state index contributed by atoms with van der Waals surface area (Å²) in [5.41, 5.74) is 3.72. The Bertz CT molecular complexity index is 1320. The van der Waals surface area contributed by atoms with Crippen molar-refractivity contribution in [3.63, 3.8) is 0 Å². The lowest BCUT2D eigenvalue weighted by molar-refractivity contribution is -0.117. The average molecular weight is 409 g/mol. The van der Waals surface area contributed by atoms with Gasteiger partial charge in [0.1, 0.15) is 5.70 Å². The molecule has 154 valence electrons. The molecule has 5 nitrogen and oxygen atoms in total. The lowest BCUT2D eigenvalue weighted by Gasteiger charge is -2.10. The molecule has 2 amide bonds. The number of aromatic nitrogens is 1. The summed E-state index contributed by atoms with van der Waals surface area (Å²) in [4.78, 5) is 25.4. The zero-order valence-electron chi connectivity index (χ0n) is 17.3. The maximum Gasteiger partial charge on any atom is 0.268 e. The van der Waals surface area contributed by atoms with E-state index in [4.69, 9.17) is 0 Å². The minimum atomic E-state index is -0.373. The number of carbonyl (C=O) groups excluding carboxylic acids is 2. The largest absolute Gasteiger partial charge is 0.347 e. The third kappa shape index (κ3) is 4.12. The first-order valence-corrected chi connectivity index (χ1v) is 10.0. The van der Waals surface area contributed by atoms with Crippen LogP contribution in [0.2, 0.25) is 0 Å². The molecule has 0 unspecified atom stereocenters. The van der Waals surface area contributed by atoms with Gasteiger partial charge in [0.25, 0.3) is 11.8 Å². The number of nitrogens with one attached hydrogen (secondary N) is 2. The number of hydrogen-bond donors (Lipinski definition) is 2. The fourth-order valence-corrected chi connectivity index (χ4v) is 3.64. The van der Waals surface area contributed by atoms with Gasteiger partial charge < -0.3 is 15.2 Å². The molecule has 0 atom stereocenters. The molecule has 0 fully saturated rings. The monoisotopic (exact) mass is 409 g/mol. The lowest BCUT2D eigenvalue weighted by atomic mass is 10.1.